The fourth-order valence-corrected chi connectivity index (χ4v) is 3.65. The molecule has 0 radical (unpaired) electrons. The van der Waals surface area contributed by atoms with E-state index in [1.807, 2.05) is 0 Å². The molecule has 12 heteroatoms. The molecule has 0 spiro atoms. The van der Waals surface area contributed by atoms with Gasteiger partial charge in [-0.25, -0.2) is 9.37 Å². The Morgan fingerprint density at radius 3 is 2.58 bits per heavy atom. The summed E-state index contributed by atoms with van der Waals surface area (Å²) < 4.78 is 79.2. The number of carbonyl (C=O) groups is 1. The molecule has 2 atom stereocenters. The van der Waals surface area contributed by atoms with Gasteiger partial charge in [-0.1, -0.05) is 11.6 Å². The predicted octanol–water partition coefficient (Wildman–Crippen LogP) is 4.19. The SMILES string of the molecule is COc1c(N2C[C@@](OC)(C(F)(F)F)C[C@H]2C(=O)Nc2ccnc(Cl)c2)ccc(F)c1F. The number of pyridine rings is 1. The maximum Gasteiger partial charge on any atom is 0.419 e. The third-order valence-corrected chi connectivity index (χ3v) is 5.28. The second-order valence-electron chi connectivity index (χ2n) is 6.81. The standard InChI is InChI=1S/C19H17ClF5N3O3/c1-30-16-12(4-3-11(21)15(16)22)28-9-18(31-2,19(23,24)25)8-13(28)17(29)27-10-5-6-26-14(20)7-10/h3-7,13H,8-9H2,1-2H3,(H,26,27,29)/t13-,18+/m0/s1. The topological polar surface area (TPSA) is 63.7 Å². The number of benzene rings is 1. The van der Waals surface area contributed by atoms with Gasteiger partial charge in [0.05, 0.1) is 19.3 Å². The van der Waals surface area contributed by atoms with E-state index in [-0.39, 0.29) is 16.5 Å². The van der Waals surface area contributed by atoms with Crippen LogP contribution in [0.2, 0.25) is 5.15 Å². The van der Waals surface area contributed by atoms with E-state index in [0.29, 0.717) is 0 Å². The fourth-order valence-electron chi connectivity index (χ4n) is 3.48. The van der Waals surface area contributed by atoms with Crippen LogP contribution in [0.4, 0.5) is 33.3 Å². The van der Waals surface area contributed by atoms with Crippen molar-refractivity contribution in [1.29, 1.82) is 0 Å². The molecular weight excluding hydrogens is 449 g/mol. The number of nitrogens with one attached hydrogen (secondary N) is 1. The number of hydrogen-bond donors (Lipinski definition) is 1. The first-order chi connectivity index (χ1) is 14.5. The van der Waals surface area contributed by atoms with Crippen molar-refractivity contribution in [2.75, 3.05) is 31.0 Å². The smallest absolute Gasteiger partial charge is 0.419 e. The molecule has 0 unspecified atom stereocenters. The summed E-state index contributed by atoms with van der Waals surface area (Å²) in [4.78, 5) is 17.7. The van der Waals surface area contributed by atoms with Gasteiger partial charge in [0.2, 0.25) is 11.7 Å². The van der Waals surface area contributed by atoms with Crippen LogP contribution in [0.5, 0.6) is 5.75 Å². The van der Waals surface area contributed by atoms with E-state index in [0.717, 1.165) is 31.3 Å². The van der Waals surface area contributed by atoms with E-state index < -0.39 is 54.1 Å². The van der Waals surface area contributed by atoms with E-state index in [1.165, 1.54) is 18.3 Å². The predicted molar refractivity (Wildman–Crippen MR) is 102 cm³/mol. The van der Waals surface area contributed by atoms with E-state index in [9.17, 15) is 26.7 Å². The minimum atomic E-state index is -4.85. The zero-order valence-electron chi connectivity index (χ0n) is 16.3. The number of nitrogens with zero attached hydrogens (tertiary/aromatic N) is 2. The molecule has 1 fully saturated rings. The van der Waals surface area contributed by atoms with Crippen molar-refractivity contribution < 1.29 is 36.2 Å². The van der Waals surface area contributed by atoms with Gasteiger partial charge in [0.15, 0.2) is 17.2 Å². The summed E-state index contributed by atoms with van der Waals surface area (Å²) in [5.41, 5.74) is -2.75. The molecule has 1 amide bonds. The first kappa shape index (κ1) is 23.0. The lowest BCUT2D eigenvalue weighted by atomic mass is 9.99. The van der Waals surface area contributed by atoms with Crippen LogP contribution >= 0.6 is 11.6 Å². The third kappa shape index (κ3) is 4.24. The molecule has 168 valence electrons. The molecule has 2 aromatic rings. The first-order valence-electron chi connectivity index (χ1n) is 8.86. The van der Waals surface area contributed by atoms with Crippen molar-refractivity contribution in [2.45, 2.75) is 24.2 Å². The molecule has 31 heavy (non-hydrogen) atoms. The van der Waals surface area contributed by atoms with Gasteiger partial charge in [0.1, 0.15) is 11.2 Å². The number of alkyl halides is 3. The van der Waals surface area contributed by atoms with Crippen LogP contribution in [-0.4, -0.2) is 49.5 Å². The van der Waals surface area contributed by atoms with Gasteiger partial charge in [-0.3, -0.25) is 4.79 Å². The highest BCUT2D eigenvalue weighted by Crippen LogP contribution is 2.47. The number of halogens is 6. The third-order valence-electron chi connectivity index (χ3n) is 5.07. The summed E-state index contributed by atoms with van der Waals surface area (Å²) in [6.07, 6.45) is -4.33. The van der Waals surface area contributed by atoms with Gasteiger partial charge in [-0.2, -0.15) is 17.6 Å². The number of aromatic nitrogens is 1. The number of amides is 1. The Hall–Kier alpha value is -2.66. The molecule has 6 nitrogen and oxygen atoms in total. The molecule has 0 saturated carbocycles. The molecule has 0 bridgehead atoms. The largest absolute Gasteiger partial charge is 0.491 e. The van der Waals surface area contributed by atoms with Crippen LogP contribution in [0.3, 0.4) is 0 Å². The lowest BCUT2D eigenvalue weighted by Gasteiger charge is -2.31. The number of hydrogen-bond acceptors (Lipinski definition) is 5. The van der Waals surface area contributed by atoms with Crippen molar-refractivity contribution >= 4 is 28.9 Å². The fraction of sp³-hybridized carbons (Fsp3) is 0.368. The van der Waals surface area contributed by atoms with Crippen LogP contribution in [0.1, 0.15) is 6.42 Å². The number of ether oxygens (including phenoxy) is 2. The molecule has 1 N–H and O–H groups in total. The van der Waals surface area contributed by atoms with Crippen LogP contribution in [0, 0.1) is 11.6 Å². The number of rotatable bonds is 5. The minimum absolute atomic E-state index is 0.0601. The van der Waals surface area contributed by atoms with Crippen LogP contribution in [0.15, 0.2) is 30.5 Å². The molecule has 1 saturated heterocycles. The maximum atomic E-state index is 14.2. The molecule has 2 heterocycles. The van der Waals surface area contributed by atoms with Crippen LogP contribution in [-0.2, 0) is 9.53 Å². The summed E-state index contributed by atoms with van der Waals surface area (Å²) in [6.45, 7) is -0.844. The van der Waals surface area contributed by atoms with Gasteiger partial charge in [-0.05, 0) is 24.3 Å². The number of anilines is 2. The Kier molecular flexibility index (Phi) is 6.28. The van der Waals surface area contributed by atoms with Gasteiger partial charge in [0, 0.05) is 25.4 Å². The maximum absolute atomic E-state index is 14.2. The summed E-state index contributed by atoms with van der Waals surface area (Å²) in [5, 5.41) is 2.52. The molecule has 1 aliphatic rings. The molecule has 1 aromatic heterocycles. The van der Waals surface area contributed by atoms with Crippen LogP contribution < -0.4 is 15.0 Å². The Balaban J connectivity index is 2.05. The van der Waals surface area contributed by atoms with Crippen molar-refractivity contribution in [3.63, 3.8) is 0 Å². The molecule has 1 aliphatic heterocycles. The van der Waals surface area contributed by atoms with Crippen molar-refractivity contribution in [2.24, 2.45) is 0 Å². The van der Waals surface area contributed by atoms with Gasteiger partial charge in [0.25, 0.3) is 0 Å². The lowest BCUT2D eigenvalue weighted by Crippen LogP contribution is -2.49. The Bertz CT molecular complexity index is 991. The monoisotopic (exact) mass is 465 g/mol. The van der Waals surface area contributed by atoms with E-state index >= 15 is 0 Å². The first-order valence-corrected chi connectivity index (χ1v) is 9.23. The van der Waals surface area contributed by atoms with E-state index in [4.69, 9.17) is 21.1 Å². The normalized spacial score (nSPS) is 21.3. The zero-order chi connectivity index (χ0) is 23.0. The van der Waals surface area contributed by atoms with Gasteiger partial charge >= 0.3 is 6.18 Å². The Morgan fingerprint density at radius 1 is 1.29 bits per heavy atom. The van der Waals surface area contributed by atoms with Gasteiger partial charge in [-0.15, -0.1) is 0 Å². The second kappa shape index (κ2) is 8.46. The average Bonchev–Trinajstić information content (AvgIpc) is 3.11. The lowest BCUT2D eigenvalue weighted by molar-refractivity contribution is -0.261. The summed E-state index contributed by atoms with van der Waals surface area (Å²) >= 11 is 5.78. The summed E-state index contributed by atoms with van der Waals surface area (Å²) in [5.74, 6) is -4.10. The summed E-state index contributed by atoms with van der Waals surface area (Å²) in [6, 6.07) is 3.04. The second-order valence-corrected chi connectivity index (χ2v) is 7.20. The highest BCUT2D eigenvalue weighted by molar-refractivity contribution is 6.29. The number of methoxy groups -OCH3 is 2. The minimum Gasteiger partial charge on any atom is -0.491 e. The molecule has 0 aliphatic carbocycles. The Labute approximate surface area is 178 Å². The van der Waals surface area contributed by atoms with Crippen molar-refractivity contribution in [1.82, 2.24) is 4.98 Å². The highest BCUT2D eigenvalue weighted by Gasteiger charge is 2.63. The van der Waals surface area contributed by atoms with E-state index in [2.05, 4.69) is 10.3 Å². The van der Waals surface area contributed by atoms with Crippen molar-refractivity contribution in [3.05, 3.63) is 47.2 Å². The molecular formula is C19H17ClF5N3O3. The van der Waals surface area contributed by atoms with Crippen molar-refractivity contribution in [3.8, 4) is 5.75 Å². The highest BCUT2D eigenvalue weighted by atomic mass is 35.5. The molecule has 1 aromatic carbocycles. The molecule has 3 rings (SSSR count). The Morgan fingerprint density at radius 2 is 2.00 bits per heavy atom. The number of carbonyl (C=O) groups excluding carboxylic acids is 1. The zero-order valence-corrected chi connectivity index (χ0v) is 17.0. The summed E-state index contributed by atoms with van der Waals surface area (Å²) in [7, 11) is 1.91. The van der Waals surface area contributed by atoms with E-state index in [1.54, 1.807) is 0 Å². The average molecular weight is 466 g/mol. The quantitative estimate of drug-likeness (QED) is 0.530. The van der Waals surface area contributed by atoms with Crippen LogP contribution in [0.25, 0.3) is 0 Å². The van der Waals surface area contributed by atoms with Gasteiger partial charge < -0.3 is 19.7 Å².